The molecule has 0 aromatic carbocycles. The van der Waals surface area contributed by atoms with Crippen LogP contribution >= 0.6 is 11.8 Å². The molecule has 0 radical (unpaired) electrons. The van der Waals surface area contributed by atoms with E-state index in [0.29, 0.717) is 11.1 Å². The highest BCUT2D eigenvalue weighted by molar-refractivity contribution is 7.99. The Morgan fingerprint density at radius 2 is 2.26 bits per heavy atom. The van der Waals surface area contributed by atoms with Gasteiger partial charge in [-0.3, -0.25) is 9.36 Å². The van der Waals surface area contributed by atoms with Gasteiger partial charge in [-0.1, -0.05) is 11.8 Å². The highest BCUT2D eigenvalue weighted by atomic mass is 32.2. The van der Waals surface area contributed by atoms with E-state index in [-0.39, 0.29) is 11.7 Å². The van der Waals surface area contributed by atoms with E-state index >= 15 is 0 Å². The zero-order valence-corrected chi connectivity index (χ0v) is 11.5. The summed E-state index contributed by atoms with van der Waals surface area (Å²) >= 11 is 1.26. The Bertz CT molecular complexity index is 514. The minimum absolute atomic E-state index is 0.157. The number of aromatic nitrogens is 3. The maximum atomic E-state index is 11.9. The molecule has 1 fully saturated rings. The second-order valence-corrected chi connectivity index (χ2v) is 5.58. The van der Waals surface area contributed by atoms with Gasteiger partial charge in [0.1, 0.15) is 5.54 Å². The number of nitrogens with one attached hydrogen (secondary N) is 1. The van der Waals surface area contributed by atoms with Crippen LogP contribution in [0, 0.1) is 11.3 Å². The van der Waals surface area contributed by atoms with Crippen molar-refractivity contribution in [1.82, 2.24) is 20.1 Å². The van der Waals surface area contributed by atoms with Crippen molar-refractivity contribution in [2.24, 2.45) is 7.05 Å². The molecule has 0 unspecified atom stereocenters. The molecule has 0 spiro atoms. The number of anilines is 1. The van der Waals surface area contributed by atoms with Crippen LogP contribution in [0.25, 0.3) is 0 Å². The Hall–Kier alpha value is -1.75. The lowest BCUT2D eigenvalue weighted by Crippen LogP contribution is -2.45. The molecule has 0 saturated heterocycles. The quantitative estimate of drug-likeness (QED) is 0.774. The van der Waals surface area contributed by atoms with Gasteiger partial charge >= 0.3 is 0 Å². The molecule has 102 valence electrons. The summed E-state index contributed by atoms with van der Waals surface area (Å²) in [5.41, 5.74) is 4.88. The lowest BCUT2D eigenvalue weighted by atomic mass is 10.0. The Morgan fingerprint density at radius 3 is 2.79 bits per heavy atom. The van der Waals surface area contributed by atoms with Crippen LogP contribution in [0.4, 0.5) is 5.95 Å². The summed E-state index contributed by atoms with van der Waals surface area (Å²) in [5, 5.41) is 20.2. The highest BCUT2D eigenvalue weighted by Crippen LogP contribution is 2.29. The molecule has 0 bridgehead atoms. The molecule has 1 aromatic heterocycles. The number of hydrogen-bond acceptors (Lipinski definition) is 6. The number of thioether (sulfide) groups is 1. The van der Waals surface area contributed by atoms with E-state index in [1.54, 1.807) is 11.6 Å². The molecule has 1 aliphatic rings. The van der Waals surface area contributed by atoms with Gasteiger partial charge in [0, 0.05) is 7.05 Å². The van der Waals surface area contributed by atoms with Crippen LogP contribution in [-0.4, -0.2) is 32.0 Å². The fourth-order valence-electron chi connectivity index (χ4n) is 2.13. The second-order valence-electron chi connectivity index (χ2n) is 4.64. The first-order valence-corrected chi connectivity index (χ1v) is 7.05. The minimum Gasteiger partial charge on any atom is -0.368 e. The fourth-order valence-corrected chi connectivity index (χ4v) is 2.85. The van der Waals surface area contributed by atoms with Crippen LogP contribution in [0.5, 0.6) is 0 Å². The van der Waals surface area contributed by atoms with E-state index in [2.05, 4.69) is 21.6 Å². The first-order chi connectivity index (χ1) is 9.06. The van der Waals surface area contributed by atoms with Gasteiger partial charge in [0.15, 0.2) is 5.16 Å². The van der Waals surface area contributed by atoms with Gasteiger partial charge in [-0.2, -0.15) is 5.26 Å². The summed E-state index contributed by atoms with van der Waals surface area (Å²) in [6.45, 7) is 0. The molecule has 8 heteroatoms. The maximum Gasteiger partial charge on any atom is 0.231 e. The zero-order chi connectivity index (χ0) is 13.9. The van der Waals surface area contributed by atoms with Crippen LogP contribution in [0.15, 0.2) is 5.16 Å². The molecule has 0 aliphatic heterocycles. The van der Waals surface area contributed by atoms with Gasteiger partial charge in [-0.05, 0) is 25.7 Å². The van der Waals surface area contributed by atoms with Crippen molar-refractivity contribution in [3.8, 4) is 6.07 Å². The van der Waals surface area contributed by atoms with E-state index in [1.807, 2.05) is 0 Å². The van der Waals surface area contributed by atoms with Crippen LogP contribution in [0.1, 0.15) is 25.7 Å². The smallest absolute Gasteiger partial charge is 0.231 e. The molecule has 1 aliphatic carbocycles. The minimum atomic E-state index is -0.670. The van der Waals surface area contributed by atoms with E-state index < -0.39 is 5.54 Å². The van der Waals surface area contributed by atoms with Gasteiger partial charge < -0.3 is 11.1 Å². The van der Waals surface area contributed by atoms with Crippen molar-refractivity contribution in [3.05, 3.63) is 0 Å². The fraction of sp³-hybridized carbons (Fsp3) is 0.636. The second kappa shape index (κ2) is 5.48. The molecular weight excluding hydrogens is 264 g/mol. The first kappa shape index (κ1) is 13.7. The van der Waals surface area contributed by atoms with Crippen molar-refractivity contribution in [2.75, 3.05) is 11.5 Å². The first-order valence-electron chi connectivity index (χ1n) is 6.06. The third kappa shape index (κ3) is 2.98. The summed E-state index contributed by atoms with van der Waals surface area (Å²) in [7, 11) is 1.74. The molecule has 0 atom stereocenters. The average molecular weight is 280 g/mol. The van der Waals surface area contributed by atoms with Gasteiger partial charge in [-0.15, -0.1) is 10.2 Å². The topological polar surface area (TPSA) is 110 Å². The lowest BCUT2D eigenvalue weighted by molar-refractivity contribution is -0.119. The molecule has 3 N–H and O–H groups in total. The molecule has 7 nitrogen and oxygen atoms in total. The van der Waals surface area contributed by atoms with Crippen LogP contribution in [0.3, 0.4) is 0 Å². The summed E-state index contributed by atoms with van der Waals surface area (Å²) in [4.78, 5) is 11.9. The van der Waals surface area contributed by atoms with Crippen LogP contribution in [-0.2, 0) is 11.8 Å². The van der Waals surface area contributed by atoms with Gasteiger partial charge in [0.25, 0.3) is 0 Å². The van der Waals surface area contributed by atoms with E-state index in [1.165, 1.54) is 11.8 Å². The number of nitriles is 1. The molecule has 19 heavy (non-hydrogen) atoms. The van der Waals surface area contributed by atoms with Crippen molar-refractivity contribution >= 4 is 23.6 Å². The largest absolute Gasteiger partial charge is 0.368 e. The lowest BCUT2D eigenvalue weighted by Gasteiger charge is -2.21. The highest BCUT2D eigenvalue weighted by Gasteiger charge is 2.35. The molecule has 1 amide bonds. The summed E-state index contributed by atoms with van der Waals surface area (Å²) in [6, 6.07) is 2.23. The number of nitrogens with two attached hydrogens (primary N) is 1. The maximum absolute atomic E-state index is 11.9. The molecule has 1 heterocycles. The third-order valence-electron chi connectivity index (χ3n) is 3.25. The Morgan fingerprint density at radius 1 is 1.58 bits per heavy atom. The number of carbonyl (C=O) groups excluding carboxylic acids is 1. The van der Waals surface area contributed by atoms with Gasteiger partial charge in [-0.25, -0.2) is 0 Å². The Labute approximate surface area is 115 Å². The predicted octanol–water partition coefficient (Wildman–Crippen LogP) is 0.442. The number of hydrogen-bond donors (Lipinski definition) is 2. The Balaban J connectivity index is 1.88. The summed E-state index contributed by atoms with van der Waals surface area (Å²) in [5.74, 6) is 0.359. The number of carbonyl (C=O) groups is 1. The summed E-state index contributed by atoms with van der Waals surface area (Å²) in [6.07, 6.45) is 3.44. The van der Waals surface area contributed by atoms with Crippen molar-refractivity contribution in [1.29, 1.82) is 5.26 Å². The normalized spacial score (nSPS) is 17.1. The third-order valence-corrected chi connectivity index (χ3v) is 4.27. The number of rotatable bonds is 4. The number of nitrogen functional groups attached to an aromatic ring is 1. The monoisotopic (exact) mass is 280 g/mol. The number of amides is 1. The number of nitrogens with zero attached hydrogens (tertiary/aromatic N) is 4. The predicted molar refractivity (Wildman–Crippen MR) is 71.1 cm³/mol. The van der Waals surface area contributed by atoms with E-state index in [9.17, 15) is 10.1 Å². The molecule has 1 saturated carbocycles. The molecule has 1 aromatic rings. The van der Waals surface area contributed by atoms with Crippen molar-refractivity contribution in [3.63, 3.8) is 0 Å². The van der Waals surface area contributed by atoms with Gasteiger partial charge in [0.2, 0.25) is 11.9 Å². The average Bonchev–Trinajstić information content (AvgIpc) is 2.98. The van der Waals surface area contributed by atoms with Crippen LogP contribution in [0.2, 0.25) is 0 Å². The summed E-state index contributed by atoms with van der Waals surface area (Å²) < 4.78 is 1.62. The van der Waals surface area contributed by atoms with Crippen molar-refractivity contribution < 1.29 is 4.79 Å². The van der Waals surface area contributed by atoms with Gasteiger partial charge in [0.05, 0.1) is 11.8 Å². The van der Waals surface area contributed by atoms with E-state index in [4.69, 9.17) is 5.73 Å². The molecule has 2 rings (SSSR count). The van der Waals surface area contributed by atoms with Crippen molar-refractivity contribution in [2.45, 2.75) is 36.4 Å². The Kier molecular flexibility index (Phi) is 3.95. The van der Waals surface area contributed by atoms with E-state index in [0.717, 1.165) is 25.7 Å². The standard InChI is InChI=1S/C11H16N6OS/c1-17-9(13)15-16-10(17)19-6-8(18)14-11(7-12)4-2-3-5-11/h2-6H2,1H3,(H2,13,15)(H,14,18). The van der Waals surface area contributed by atoms with Crippen LogP contribution < -0.4 is 11.1 Å². The molecular formula is C11H16N6OS. The SMILES string of the molecule is Cn1c(N)nnc1SCC(=O)NC1(C#N)CCCC1. The zero-order valence-electron chi connectivity index (χ0n) is 10.7.